The minimum Gasteiger partial charge on any atom is -0.497 e. The SMILES string of the molecule is COc1cc(/C=C/C(=O)OCC(=O)NCc2cccs2)cc(OC)c1. The van der Waals surface area contributed by atoms with Crippen LogP contribution in [0.4, 0.5) is 0 Å². The third-order valence-corrected chi connectivity index (χ3v) is 4.05. The van der Waals surface area contributed by atoms with E-state index in [0.717, 1.165) is 10.4 Å². The highest BCUT2D eigenvalue weighted by Crippen LogP contribution is 2.23. The van der Waals surface area contributed by atoms with Crippen LogP contribution in [0.2, 0.25) is 0 Å². The van der Waals surface area contributed by atoms with Crippen molar-refractivity contribution in [3.63, 3.8) is 0 Å². The Kier molecular flexibility index (Phi) is 7.03. The molecule has 6 nitrogen and oxygen atoms in total. The highest BCUT2D eigenvalue weighted by atomic mass is 32.1. The largest absolute Gasteiger partial charge is 0.497 e. The number of carbonyl (C=O) groups is 2. The molecule has 0 fully saturated rings. The fourth-order valence-electron chi connectivity index (χ4n) is 1.92. The van der Waals surface area contributed by atoms with E-state index in [0.29, 0.717) is 18.0 Å². The van der Waals surface area contributed by atoms with Crippen LogP contribution in [-0.4, -0.2) is 32.7 Å². The van der Waals surface area contributed by atoms with E-state index in [1.807, 2.05) is 17.5 Å². The molecule has 1 N–H and O–H groups in total. The molecule has 0 unspecified atom stereocenters. The van der Waals surface area contributed by atoms with E-state index in [9.17, 15) is 9.59 Å². The normalized spacial score (nSPS) is 10.5. The second-order valence-electron chi connectivity index (χ2n) is 4.94. The van der Waals surface area contributed by atoms with Gasteiger partial charge in [-0.05, 0) is 35.2 Å². The van der Waals surface area contributed by atoms with Gasteiger partial charge in [-0.3, -0.25) is 4.79 Å². The van der Waals surface area contributed by atoms with E-state index in [1.54, 1.807) is 49.8 Å². The first-order valence-corrected chi connectivity index (χ1v) is 8.35. The molecule has 0 aliphatic carbocycles. The number of benzene rings is 1. The molecule has 1 heterocycles. The molecular weight excluding hydrogens is 342 g/mol. The standard InChI is InChI=1S/C18H19NO5S/c1-22-14-8-13(9-15(10-14)23-2)5-6-18(21)24-12-17(20)19-11-16-4-3-7-25-16/h3-10H,11-12H2,1-2H3,(H,19,20)/b6-5+. The zero-order valence-electron chi connectivity index (χ0n) is 14.0. The summed E-state index contributed by atoms with van der Waals surface area (Å²) >= 11 is 1.55. The van der Waals surface area contributed by atoms with E-state index in [2.05, 4.69) is 5.32 Å². The van der Waals surface area contributed by atoms with E-state index in [-0.39, 0.29) is 12.5 Å². The summed E-state index contributed by atoms with van der Waals surface area (Å²) in [7, 11) is 3.09. The number of esters is 1. The summed E-state index contributed by atoms with van der Waals surface area (Å²) in [6.45, 7) is 0.101. The van der Waals surface area contributed by atoms with Crippen LogP contribution in [0.5, 0.6) is 11.5 Å². The van der Waals surface area contributed by atoms with E-state index >= 15 is 0 Å². The van der Waals surface area contributed by atoms with Gasteiger partial charge < -0.3 is 19.5 Å². The first kappa shape index (κ1) is 18.5. The topological polar surface area (TPSA) is 73.9 Å². The zero-order chi connectivity index (χ0) is 18.1. The summed E-state index contributed by atoms with van der Waals surface area (Å²) in [4.78, 5) is 24.4. The van der Waals surface area contributed by atoms with Crippen molar-refractivity contribution in [3.05, 3.63) is 52.2 Å². The van der Waals surface area contributed by atoms with E-state index in [4.69, 9.17) is 14.2 Å². The quantitative estimate of drug-likeness (QED) is 0.578. The minimum absolute atomic E-state index is 0.323. The number of thiophene rings is 1. The van der Waals surface area contributed by atoms with Crippen LogP contribution in [0, 0.1) is 0 Å². The maximum absolute atomic E-state index is 11.7. The molecule has 1 amide bonds. The molecule has 1 aromatic heterocycles. The second kappa shape index (κ2) is 9.48. The molecule has 1 aromatic carbocycles. The van der Waals surface area contributed by atoms with Crippen LogP contribution >= 0.6 is 11.3 Å². The summed E-state index contributed by atoms with van der Waals surface area (Å²) in [5, 5.41) is 4.61. The molecule has 0 saturated heterocycles. The van der Waals surface area contributed by atoms with Crippen molar-refractivity contribution < 1.29 is 23.8 Å². The first-order valence-electron chi connectivity index (χ1n) is 7.47. The van der Waals surface area contributed by atoms with E-state index < -0.39 is 5.97 Å². The monoisotopic (exact) mass is 361 g/mol. The zero-order valence-corrected chi connectivity index (χ0v) is 14.8. The van der Waals surface area contributed by atoms with Gasteiger partial charge in [-0.2, -0.15) is 0 Å². The van der Waals surface area contributed by atoms with Gasteiger partial charge in [-0.15, -0.1) is 11.3 Å². The van der Waals surface area contributed by atoms with Crippen molar-refractivity contribution >= 4 is 29.3 Å². The molecule has 0 saturated carbocycles. The van der Waals surface area contributed by atoms with Crippen molar-refractivity contribution in [1.29, 1.82) is 0 Å². The highest BCUT2D eigenvalue weighted by molar-refractivity contribution is 7.09. The smallest absolute Gasteiger partial charge is 0.331 e. The maximum atomic E-state index is 11.7. The molecule has 25 heavy (non-hydrogen) atoms. The Morgan fingerprint density at radius 1 is 1.16 bits per heavy atom. The molecule has 0 bridgehead atoms. The van der Waals surface area contributed by atoms with Gasteiger partial charge in [0.15, 0.2) is 6.61 Å². The Hall–Kier alpha value is -2.80. The lowest BCUT2D eigenvalue weighted by Crippen LogP contribution is -2.27. The fraction of sp³-hybridized carbons (Fsp3) is 0.222. The average Bonchev–Trinajstić information content (AvgIpc) is 3.16. The average molecular weight is 361 g/mol. The number of ether oxygens (including phenoxy) is 3. The van der Waals surface area contributed by atoms with Crippen LogP contribution in [0.15, 0.2) is 41.8 Å². The molecular formula is C18H19NO5S. The second-order valence-corrected chi connectivity index (χ2v) is 5.98. The molecule has 2 aromatic rings. The Morgan fingerprint density at radius 3 is 2.48 bits per heavy atom. The molecule has 0 aliphatic rings. The Balaban J connectivity index is 1.81. The molecule has 7 heteroatoms. The Morgan fingerprint density at radius 2 is 1.88 bits per heavy atom. The van der Waals surface area contributed by atoms with Crippen molar-refractivity contribution in [2.24, 2.45) is 0 Å². The summed E-state index contributed by atoms with van der Waals surface area (Å²) in [6.07, 6.45) is 2.82. The van der Waals surface area contributed by atoms with Crippen LogP contribution in [0.25, 0.3) is 6.08 Å². The molecule has 2 rings (SSSR count). The van der Waals surface area contributed by atoms with Gasteiger partial charge in [-0.25, -0.2) is 4.79 Å². The van der Waals surface area contributed by atoms with Crippen molar-refractivity contribution in [1.82, 2.24) is 5.32 Å². The number of rotatable bonds is 8. The molecule has 0 atom stereocenters. The lowest BCUT2D eigenvalue weighted by atomic mass is 10.2. The van der Waals surface area contributed by atoms with Gasteiger partial charge in [0.25, 0.3) is 5.91 Å². The number of nitrogens with one attached hydrogen (secondary N) is 1. The number of methoxy groups -OCH3 is 2. The van der Waals surface area contributed by atoms with Gasteiger partial charge in [0.1, 0.15) is 11.5 Å². The van der Waals surface area contributed by atoms with Crippen molar-refractivity contribution in [2.75, 3.05) is 20.8 Å². The van der Waals surface area contributed by atoms with Gasteiger partial charge in [0.05, 0.1) is 20.8 Å². The van der Waals surface area contributed by atoms with Crippen LogP contribution < -0.4 is 14.8 Å². The predicted molar refractivity (Wildman–Crippen MR) is 95.7 cm³/mol. The Labute approximate surface area is 150 Å². The highest BCUT2D eigenvalue weighted by Gasteiger charge is 2.06. The molecule has 0 radical (unpaired) electrons. The van der Waals surface area contributed by atoms with Crippen molar-refractivity contribution in [3.8, 4) is 11.5 Å². The summed E-state index contributed by atoms with van der Waals surface area (Å²) in [5.74, 6) is 0.270. The lowest BCUT2D eigenvalue weighted by Gasteiger charge is -2.06. The number of carbonyl (C=O) groups excluding carboxylic acids is 2. The predicted octanol–water partition coefficient (Wildman–Crippen LogP) is 2.64. The third-order valence-electron chi connectivity index (χ3n) is 3.17. The molecule has 0 spiro atoms. The number of hydrogen-bond acceptors (Lipinski definition) is 6. The number of hydrogen-bond donors (Lipinski definition) is 1. The summed E-state index contributed by atoms with van der Waals surface area (Å²) in [6, 6.07) is 9.06. The lowest BCUT2D eigenvalue weighted by molar-refractivity contribution is -0.143. The summed E-state index contributed by atoms with van der Waals surface area (Å²) in [5.41, 5.74) is 0.718. The van der Waals surface area contributed by atoms with Gasteiger partial charge in [-0.1, -0.05) is 6.07 Å². The number of amides is 1. The maximum Gasteiger partial charge on any atom is 0.331 e. The summed E-state index contributed by atoms with van der Waals surface area (Å²) < 4.78 is 15.2. The van der Waals surface area contributed by atoms with Gasteiger partial charge >= 0.3 is 5.97 Å². The Bertz CT molecular complexity index is 718. The third kappa shape index (κ3) is 6.31. The minimum atomic E-state index is -0.604. The molecule has 0 aliphatic heterocycles. The fourth-order valence-corrected chi connectivity index (χ4v) is 2.57. The van der Waals surface area contributed by atoms with Gasteiger partial charge in [0, 0.05) is 17.0 Å². The van der Waals surface area contributed by atoms with Crippen molar-refractivity contribution in [2.45, 2.75) is 6.54 Å². The van der Waals surface area contributed by atoms with Crippen LogP contribution in [0.1, 0.15) is 10.4 Å². The van der Waals surface area contributed by atoms with Crippen LogP contribution in [0.3, 0.4) is 0 Å². The first-order chi connectivity index (χ1) is 12.1. The van der Waals surface area contributed by atoms with Gasteiger partial charge in [0.2, 0.25) is 0 Å². The molecule has 132 valence electrons. The van der Waals surface area contributed by atoms with E-state index in [1.165, 1.54) is 6.08 Å². The van der Waals surface area contributed by atoms with Crippen LogP contribution in [-0.2, 0) is 20.9 Å².